The first-order chi connectivity index (χ1) is 11.2. The zero-order chi connectivity index (χ0) is 16.9. The van der Waals surface area contributed by atoms with Crippen molar-refractivity contribution in [2.45, 2.75) is 33.7 Å². The summed E-state index contributed by atoms with van der Waals surface area (Å²) >= 11 is 0. The highest BCUT2D eigenvalue weighted by atomic mass is 127. The average molecular weight is 450 g/mol. The van der Waals surface area contributed by atoms with Crippen molar-refractivity contribution >= 4 is 29.9 Å². The largest absolute Gasteiger partial charge is 0.478 e. The maximum atomic E-state index is 5.55. The fraction of sp³-hybridized carbons (Fsp3) is 0.647. The number of nitrogens with one attached hydrogen (secondary N) is 2. The van der Waals surface area contributed by atoms with Gasteiger partial charge in [0.15, 0.2) is 5.96 Å². The van der Waals surface area contributed by atoms with Crippen LogP contribution in [0, 0.1) is 5.92 Å². The lowest BCUT2D eigenvalue weighted by Crippen LogP contribution is -2.37. The fourth-order valence-electron chi connectivity index (χ4n) is 1.89. The van der Waals surface area contributed by atoms with Gasteiger partial charge >= 0.3 is 0 Å². The molecule has 0 saturated carbocycles. The Morgan fingerprint density at radius 3 is 2.79 bits per heavy atom. The number of guanidine groups is 1. The van der Waals surface area contributed by atoms with Crippen LogP contribution in [0.15, 0.2) is 23.3 Å². The number of ether oxygens (including phenoxy) is 2. The molecule has 1 aromatic heterocycles. The minimum atomic E-state index is 0. The van der Waals surface area contributed by atoms with Gasteiger partial charge in [0, 0.05) is 45.6 Å². The Hall–Kier alpha value is -1.09. The Labute approximate surface area is 162 Å². The Morgan fingerprint density at radius 2 is 2.12 bits per heavy atom. The Kier molecular flexibility index (Phi) is 13.6. The van der Waals surface area contributed by atoms with Crippen molar-refractivity contribution in [2.75, 3.05) is 33.4 Å². The van der Waals surface area contributed by atoms with Gasteiger partial charge in [0.2, 0.25) is 5.88 Å². The van der Waals surface area contributed by atoms with Gasteiger partial charge in [-0.05, 0) is 30.9 Å². The lowest BCUT2D eigenvalue weighted by atomic mass is 10.2. The van der Waals surface area contributed by atoms with Crippen molar-refractivity contribution in [1.29, 1.82) is 0 Å². The van der Waals surface area contributed by atoms with Crippen LogP contribution < -0.4 is 15.4 Å². The highest BCUT2D eigenvalue weighted by molar-refractivity contribution is 14.0. The van der Waals surface area contributed by atoms with Crippen molar-refractivity contribution in [3.8, 4) is 5.88 Å². The van der Waals surface area contributed by atoms with Crippen LogP contribution in [0.1, 0.15) is 32.8 Å². The van der Waals surface area contributed by atoms with Crippen LogP contribution in [0.3, 0.4) is 0 Å². The molecular formula is C17H31IN4O2. The van der Waals surface area contributed by atoms with E-state index in [4.69, 9.17) is 9.47 Å². The van der Waals surface area contributed by atoms with Gasteiger partial charge in [0.25, 0.3) is 0 Å². The molecule has 1 rings (SSSR count). The van der Waals surface area contributed by atoms with E-state index in [0.29, 0.717) is 24.9 Å². The van der Waals surface area contributed by atoms with Crippen molar-refractivity contribution in [3.05, 3.63) is 23.9 Å². The second kappa shape index (κ2) is 14.3. The summed E-state index contributed by atoms with van der Waals surface area (Å²) in [7, 11) is 1.77. The second-order valence-electron chi connectivity index (χ2n) is 5.61. The minimum Gasteiger partial charge on any atom is -0.478 e. The molecule has 0 radical (unpaired) electrons. The summed E-state index contributed by atoms with van der Waals surface area (Å²) < 4.78 is 11.0. The highest BCUT2D eigenvalue weighted by Crippen LogP contribution is 2.08. The first kappa shape index (κ1) is 22.9. The summed E-state index contributed by atoms with van der Waals surface area (Å²) in [5.41, 5.74) is 1.10. The van der Waals surface area contributed by atoms with Gasteiger partial charge in [-0.3, -0.25) is 4.99 Å². The molecular weight excluding hydrogens is 419 g/mol. The third-order valence-corrected chi connectivity index (χ3v) is 2.98. The molecule has 0 bridgehead atoms. The van der Waals surface area contributed by atoms with E-state index in [0.717, 1.165) is 37.7 Å². The summed E-state index contributed by atoms with van der Waals surface area (Å²) in [6.45, 7) is 9.96. The zero-order valence-corrected chi connectivity index (χ0v) is 17.5. The molecule has 0 atom stereocenters. The normalized spacial score (nSPS) is 11.1. The number of aliphatic imine (C=N–C) groups is 1. The highest BCUT2D eigenvalue weighted by Gasteiger charge is 2.01. The quantitative estimate of drug-likeness (QED) is 0.248. The van der Waals surface area contributed by atoms with Crippen LogP contribution in [-0.4, -0.2) is 44.4 Å². The predicted octanol–water partition coefficient (Wildman–Crippen LogP) is 2.83. The summed E-state index contributed by atoms with van der Waals surface area (Å²) in [4.78, 5) is 8.37. The van der Waals surface area contributed by atoms with Crippen molar-refractivity contribution in [1.82, 2.24) is 15.6 Å². The number of aromatic nitrogens is 1. The van der Waals surface area contributed by atoms with Crippen LogP contribution in [0.25, 0.3) is 0 Å². The summed E-state index contributed by atoms with van der Waals surface area (Å²) in [5, 5.41) is 6.56. The van der Waals surface area contributed by atoms with Crippen LogP contribution in [-0.2, 0) is 11.3 Å². The molecule has 24 heavy (non-hydrogen) atoms. The van der Waals surface area contributed by atoms with Gasteiger partial charge in [0.1, 0.15) is 0 Å². The molecule has 6 nitrogen and oxygen atoms in total. The summed E-state index contributed by atoms with van der Waals surface area (Å²) in [5.74, 6) is 2.01. The molecule has 0 spiro atoms. The van der Waals surface area contributed by atoms with Crippen LogP contribution >= 0.6 is 24.0 Å². The molecule has 0 amide bonds. The molecule has 0 aromatic carbocycles. The topological polar surface area (TPSA) is 67.8 Å². The van der Waals surface area contributed by atoms with Crippen molar-refractivity contribution in [3.63, 3.8) is 0 Å². The minimum absolute atomic E-state index is 0. The SMILES string of the molecule is CCOc1cc(CNC(=NC)NCCCOCC(C)C)ccn1.I. The number of pyridine rings is 1. The third kappa shape index (κ3) is 10.6. The molecule has 0 aliphatic heterocycles. The molecule has 138 valence electrons. The van der Waals surface area contributed by atoms with Crippen LogP contribution in [0.2, 0.25) is 0 Å². The van der Waals surface area contributed by atoms with Crippen LogP contribution in [0.5, 0.6) is 5.88 Å². The lowest BCUT2D eigenvalue weighted by Gasteiger charge is -2.13. The van der Waals surface area contributed by atoms with E-state index >= 15 is 0 Å². The number of hydrogen-bond donors (Lipinski definition) is 2. The molecule has 1 aromatic rings. The Balaban J connectivity index is 0.00000529. The van der Waals surface area contributed by atoms with E-state index < -0.39 is 0 Å². The standard InChI is InChI=1S/C17H30N4O2.HI/c1-5-23-16-11-15(7-9-19-16)12-21-17(18-4)20-8-6-10-22-13-14(2)3;/h7,9,11,14H,5-6,8,10,12-13H2,1-4H3,(H2,18,20,21);1H. The molecule has 0 aliphatic carbocycles. The van der Waals surface area contributed by atoms with E-state index in [9.17, 15) is 0 Å². The lowest BCUT2D eigenvalue weighted by molar-refractivity contribution is 0.108. The number of rotatable bonds is 10. The average Bonchev–Trinajstić information content (AvgIpc) is 2.54. The molecule has 0 saturated heterocycles. The van der Waals surface area contributed by atoms with Gasteiger partial charge in [-0.2, -0.15) is 0 Å². The molecule has 2 N–H and O–H groups in total. The van der Waals surface area contributed by atoms with Crippen molar-refractivity contribution in [2.24, 2.45) is 10.9 Å². The zero-order valence-electron chi connectivity index (χ0n) is 15.2. The molecule has 1 heterocycles. The van der Waals surface area contributed by atoms with Gasteiger partial charge in [-0.25, -0.2) is 4.98 Å². The van der Waals surface area contributed by atoms with E-state index in [2.05, 4.69) is 34.5 Å². The summed E-state index contributed by atoms with van der Waals surface area (Å²) in [6, 6.07) is 3.89. The fourth-order valence-corrected chi connectivity index (χ4v) is 1.89. The Morgan fingerprint density at radius 1 is 1.33 bits per heavy atom. The molecule has 0 fully saturated rings. The van der Waals surface area contributed by atoms with Gasteiger partial charge < -0.3 is 20.1 Å². The monoisotopic (exact) mass is 450 g/mol. The van der Waals surface area contributed by atoms with Gasteiger partial charge in [0.05, 0.1) is 6.61 Å². The smallest absolute Gasteiger partial charge is 0.213 e. The number of nitrogens with zero attached hydrogens (tertiary/aromatic N) is 2. The molecule has 0 unspecified atom stereocenters. The number of halogens is 1. The van der Waals surface area contributed by atoms with E-state index in [-0.39, 0.29) is 24.0 Å². The summed E-state index contributed by atoms with van der Waals surface area (Å²) in [6.07, 6.45) is 2.71. The van der Waals surface area contributed by atoms with E-state index in [1.807, 2.05) is 19.1 Å². The first-order valence-electron chi connectivity index (χ1n) is 8.25. The number of hydrogen-bond acceptors (Lipinski definition) is 4. The van der Waals surface area contributed by atoms with E-state index in [1.54, 1.807) is 13.2 Å². The maximum Gasteiger partial charge on any atom is 0.213 e. The third-order valence-electron chi connectivity index (χ3n) is 2.98. The second-order valence-corrected chi connectivity index (χ2v) is 5.61. The molecule has 0 aliphatic rings. The van der Waals surface area contributed by atoms with Crippen LogP contribution in [0.4, 0.5) is 0 Å². The maximum absolute atomic E-state index is 5.55. The first-order valence-corrected chi connectivity index (χ1v) is 8.25. The Bertz CT molecular complexity index is 470. The van der Waals surface area contributed by atoms with Gasteiger partial charge in [-0.1, -0.05) is 13.8 Å². The predicted molar refractivity (Wildman–Crippen MR) is 109 cm³/mol. The molecule has 7 heteroatoms. The van der Waals surface area contributed by atoms with E-state index in [1.165, 1.54) is 0 Å². The van der Waals surface area contributed by atoms with Crippen molar-refractivity contribution < 1.29 is 9.47 Å². The van der Waals surface area contributed by atoms with Gasteiger partial charge in [-0.15, -0.1) is 24.0 Å².